The molecule has 1 aliphatic rings. The summed E-state index contributed by atoms with van der Waals surface area (Å²) in [5.41, 5.74) is 0.376. The molecule has 3 rings (SSSR count). The fraction of sp³-hybridized carbons (Fsp3) is 0.389. The van der Waals surface area contributed by atoms with Gasteiger partial charge < -0.3 is 14.4 Å². The quantitative estimate of drug-likeness (QED) is 0.835. The summed E-state index contributed by atoms with van der Waals surface area (Å²) in [4.78, 5) is 26.0. The van der Waals surface area contributed by atoms with Gasteiger partial charge in [0.1, 0.15) is 0 Å². The molecule has 1 aliphatic heterocycles. The number of carbonyl (C=O) groups excluding carboxylic acids is 1. The fourth-order valence-electron chi connectivity index (χ4n) is 2.83. The van der Waals surface area contributed by atoms with Crippen molar-refractivity contribution in [1.82, 2.24) is 14.7 Å². The first-order valence-corrected chi connectivity index (χ1v) is 8.25. The van der Waals surface area contributed by atoms with Crippen LogP contribution in [0.15, 0.2) is 47.3 Å². The van der Waals surface area contributed by atoms with Gasteiger partial charge in [-0.3, -0.25) is 9.59 Å². The molecule has 1 saturated heterocycles. The average Bonchev–Trinajstić information content (AvgIpc) is 2.60. The largest absolute Gasteiger partial charge is 0.467 e. The normalized spacial score (nSPS) is 20.3. The Balaban J connectivity index is 1.67. The molecule has 25 heavy (non-hydrogen) atoms. The minimum atomic E-state index is -0.263. The van der Waals surface area contributed by atoms with Gasteiger partial charge in [0.25, 0.3) is 11.5 Å². The maximum absolute atomic E-state index is 12.3. The van der Waals surface area contributed by atoms with E-state index in [1.165, 1.54) is 16.8 Å². The van der Waals surface area contributed by atoms with Crippen LogP contribution in [0, 0.1) is 0 Å². The van der Waals surface area contributed by atoms with Gasteiger partial charge in [0.15, 0.2) is 6.61 Å². The summed E-state index contributed by atoms with van der Waals surface area (Å²) in [7, 11) is 0. The number of hydrogen-bond acceptors (Lipinski definition) is 5. The topological polar surface area (TPSA) is 73.7 Å². The molecule has 0 N–H and O–H groups in total. The SMILES string of the molecule is CC1CN(C(=O)COc2ccc(=O)n(-c3ccccc3)n2)CC(C)O1. The van der Waals surface area contributed by atoms with Gasteiger partial charge in [-0.25, -0.2) is 0 Å². The lowest BCUT2D eigenvalue weighted by Crippen LogP contribution is -2.49. The van der Waals surface area contributed by atoms with Crippen LogP contribution < -0.4 is 10.3 Å². The first kappa shape index (κ1) is 17.2. The number of aromatic nitrogens is 2. The smallest absolute Gasteiger partial charge is 0.271 e. The van der Waals surface area contributed by atoms with Crippen LogP contribution in [0.2, 0.25) is 0 Å². The summed E-state index contributed by atoms with van der Waals surface area (Å²) in [6, 6.07) is 11.9. The fourth-order valence-corrected chi connectivity index (χ4v) is 2.83. The van der Waals surface area contributed by atoms with Crippen molar-refractivity contribution in [2.75, 3.05) is 19.7 Å². The van der Waals surface area contributed by atoms with E-state index in [-0.39, 0.29) is 36.2 Å². The van der Waals surface area contributed by atoms with Gasteiger partial charge in [-0.15, -0.1) is 5.10 Å². The first-order chi connectivity index (χ1) is 12.0. The van der Waals surface area contributed by atoms with Crippen molar-refractivity contribution in [1.29, 1.82) is 0 Å². The van der Waals surface area contributed by atoms with Gasteiger partial charge in [0.05, 0.1) is 17.9 Å². The van der Waals surface area contributed by atoms with Crippen molar-refractivity contribution in [2.24, 2.45) is 0 Å². The molecule has 2 aromatic rings. The van der Waals surface area contributed by atoms with E-state index in [1.54, 1.807) is 17.0 Å². The van der Waals surface area contributed by atoms with Gasteiger partial charge in [-0.05, 0) is 26.0 Å². The molecule has 7 nitrogen and oxygen atoms in total. The molecule has 1 aromatic heterocycles. The van der Waals surface area contributed by atoms with Crippen molar-refractivity contribution >= 4 is 5.91 Å². The first-order valence-electron chi connectivity index (χ1n) is 8.25. The monoisotopic (exact) mass is 343 g/mol. The number of rotatable bonds is 4. The van der Waals surface area contributed by atoms with E-state index in [4.69, 9.17) is 9.47 Å². The van der Waals surface area contributed by atoms with Crippen molar-refractivity contribution in [3.05, 3.63) is 52.8 Å². The Morgan fingerprint density at radius 2 is 1.84 bits per heavy atom. The minimum Gasteiger partial charge on any atom is -0.467 e. The minimum absolute atomic E-state index is 0.00538. The van der Waals surface area contributed by atoms with Gasteiger partial charge >= 0.3 is 0 Å². The van der Waals surface area contributed by atoms with Gasteiger partial charge in [-0.2, -0.15) is 4.68 Å². The highest BCUT2D eigenvalue weighted by molar-refractivity contribution is 5.77. The van der Waals surface area contributed by atoms with Crippen molar-refractivity contribution in [3.8, 4) is 11.6 Å². The van der Waals surface area contributed by atoms with E-state index in [2.05, 4.69) is 5.10 Å². The lowest BCUT2D eigenvalue weighted by molar-refractivity contribution is -0.145. The van der Waals surface area contributed by atoms with Gasteiger partial charge in [0, 0.05) is 25.2 Å². The van der Waals surface area contributed by atoms with E-state index >= 15 is 0 Å². The number of amides is 1. The second-order valence-corrected chi connectivity index (χ2v) is 6.10. The van der Waals surface area contributed by atoms with Crippen LogP contribution in [0.5, 0.6) is 5.88 Å². The summed E-state index contributed by atoms with van der Waals surface area (Å²) in [6.45, 7) is 4.84. The molecule has 0 aliphatic carbocycles. The predicted octanol–water partition coefficient (Wildman–Crippen LogP) is 1.25. The lowest BCUT2D eigenvalue weighted by atomic mass is 10.2. The standard InChI is InChI=1S/C18H21N3O4/c1-13-10-20(11-14(2)25-13)18(23)12-24-16-8-9-17(22)21(19-16)15-6-4-3-5-7-15/h3-9,13-14H,10-12H2,1-2H3. The number of benzene rings is 1. The van der Waals surface area contributed by atoms with E-state index in [1.807, 2.05) is 32.0 Å². The molecule has 0 bridgehead atoms. The summed E-state index contributed by atoms with van der Waals surface area (Å²) in [6.07, 6.45) is 0.0108. The van der Waals surface area contributed by atoms with Crippen LogP contribution in [0.4, 0.5) is 0 Å². The second kappa shape index (κ2) is 7.48. The van der Waals surface area contributed by atoms with Gasteiger partial charge in [-0.1, -0.05) is 18.2 Å². The second-order valence-electron chi connectivity index (χ2n) is 6.10. The number of para-hydroxylation sites is 1. The summed E-state index contributed by atoms with van der Waals surface area (Å²) in [5, 5.41) is 4.18. The zero-order valence-electron chi connectivity index (χ0n) is 14.3. The van der Waals surface area contributed by atoms with Crippen LogP contribution in [-0.2, 0) is 9.53 Å². The molecule has 1 aromatic carbocycles. The molecule has 7 heteroatoms. The summed E-state index contributed by atoms with van der Waals surface area (Å²) >= 11 is 0. The zero-order valence-corrected chi connectivity index (χ0v) is 14.3. The number of ether oxygens (including phenoxy) is 2. The molecule has 2 heterocycles. The molecule has 0 spiro atoms. The maximum atomic E-state index is 12.3. The number of morpholine rings is 1. The van der Waals surface area contributed by atoms with Gasteiger partial charge in [0.2, 0.25) is 5.88 Å². The molecular weight excluding hydrogens is 322 g/mol. The predicted molar refractivity (Wildman–Crippen MR) is 91.9 cm³/mol. The van der Waals surface area contributed by atoms with Crippen LogP contribution >= 0.6 is 0 Å². The third-order valence-electron chi connectivity index (χ3n) is 3.89. The molecule has 2 atom stereocenters. The molecule has 1 fully saturated rings. The zero-order chi connectivity index (χ0) is 17.8. The average molecular weight is 343 g/mol. The maximum Gasteiger partial charge on any atom is 0.271 e. The third kappa shape index (κ3) is 4.24. The van der Waals surface area contributed by atoms with E-state index in [0.29, 0.717) is 18.8 Å². The summed E-state index contributed by atoms with van der Waals surface area (Å²) in [5.74, 6) is 0.104. The Bertz CT molecular complexity index is 780. The highest BCUT2D eigenvalue weighted by Gasteiger charge is 2.26. The van der Waals surface area contributed by atoms with Crippen LogP contribution in [0.1, 0.15) is 13.8 Å². The van der Waals surface area contributed by atoms with Crippen molar-refractivity contribution < 1.29 is 14.3 Å². The van der Waals surface area contributed by atoms with Crippen LogP contribution in [0.25, 0.3) is 5.69 Å². The van der Waals surface area contributed by atoms with Crippen molar-refractivity contribution in [3.63, 3.8) is 0 Å². The highest BCUT2D eigenvalue weighted by Crippen LogP contribution is 2.12. The molecule has 0 radical (unpaired) electrons. The number of carbonyl (C=O) groups is 1. The lowest BCUT2D eigenvalue weighted by Gasteiger charge is -2.35. The Hall–Kier alpha value is -2.67. The number of nitrogens with zero attached hydrogens (tertiary/aromatic N) is 3. The Labute approximate surface area is 145 Å². The molecular formula is C18H21N3O4. The Morgan fingerprint density at radius 3 is 2.52 bits per heavy atom. The number of hydrogen-bond donors (Lipinski definition) is 0. The van der Waals surface area contributed by atoms with E-state index in [9.17, 15) is 9.59 Å². The Kier molecular flexibility index (Phi) is 5.14. The Morgan fingerprint density at radius 1 is 1.16 bits per heavy atom. The van der Waals surface area contributed by atoms with Crippen LogP contribution in [-0.4, -0.2) is 52.5 Å². The summed E-state index contributed by atoms with van der Waals surface area (Å²) < 4.78 is 12.4. The highest BCUT2D eigenvalue weighted by atomic mass is 16.5. The third-order valence-corrected chi connectivity index (χ3v) is 3.89. The molecule has 132 valence electrons. The van der Waals surface area contributed by atoms with Crippen LogP contribution in [0.3, 0.4) is 0 Å². The molecule has 2 unspecified atom stereocenters. The van der Waals surface area contributed by atoms with E-state index < -0.39 is 0 Å². The molecule has 1 amide bonds. The molecule has 0 saturated carbocycles. The van der Waals surface area contributed by atoms with Crippen molar-refractivity contribution in [2.45, 2.75) is 26.1 Å². The van der Waals surface area contributed by atoms with E-state index in [0.717, 1.165) is 0 Å².